The first-order valence-electron chi connectivity index (χ1n) is 5.33. The lowest BCUT2D eigenvalue weighted by Crippen LogP contribution is -2.20. The highest BCUT2D eigenvalue weighted by molar-refractivity contribution is 5.66. The molecule has 0 aliphatic carbocycles. The van der Waals surface area contributed by atoms with Crippen molar-refractivity contribution in [2.75, 3.05) is 13.2 Å². The number of rotatable bonds is 4. The zero-order valence-corrected chi connectivity index (χ0v) is 8.87. The van der Waals surface area contributed by atoms with Crippen molar-refractivity contribution in [1.29, 1.82) is 0 Å². The molecule has 1 aromatic heterocycles. The van der Waals surface area contributed by atoms with E-state index in [1.54, 1.807) is 4.68 Å². The van der Waals surface area contributed by atoms with E-state index in [0.29, 0.717) is 13.2 Å². The lowest BCUT2D eigenvalue weighted by molar-refractivity contribution is -0.137. The topological polar surface area (TPSA) is 90.1 Å². The van der Waals surface area contributed by atoms with E-state index in [4.69, 9.17) is 9.84 Å². The quantitative estimate of drug-likeness (QED) is 0.779. The Hall–Kier alpha value is -1.50. The van der Waals surface area contributed by atoms with Gasteiger partial charge in [-0.05, 0) is 23.3 Å². The molecule has 0 bridgehead atoms. The van der Waals surface area contributed by atoms with Crippen LogP contribution < -0.4 is 0 Å². The van der Waals surface area contributed by atoms with E-state index >= 15 is 0 Å². The summed E-state index contributed by atoms with van der Waals surface area (Å²) in [5.74, 6) is 0.0832. The highest BCUT2D eigenvalue weighted by atomic mass is 16.5. The molecular formula is C9H14N4O3. The minimum Gasteiger partial charge on any atom is -0.481 e. The number of carboxylic acid groups (broad SMARTS) is 1. The summed E-state index contributed by atoms with van der Waals surface area (Å²) >= 11 is 0. The van der Waals surface area contributed by atoms with Crippen molar-refractivity contribution in [3.63, 3.8) is 0 Å². The summed E-state index contributed by atoms with van der Waals surface area (Å²) < 4.78 is 6.92. The number of tetrazole rings is 1. The molecule has 0 amide bonds. The molecule has 1 atom stereocenters. The second-order valence-corrected chi connectivity index (χ2v) is 3.82. The van der Waals surface area contributed by atoms with Gasteiger partial charge >= 0.3 is 5.97 Å². The smallest absolute Gasteiger partial charge is 0.305 e. The van der Waals surface area contributed by atoms with Crippen LogP contribution in [0, 0.1) is 0 Å². The standard InChI is InChI=1S/C9H14N4O3/c14-8(15)3-4-13-9(10-11-12-13)7-2-1-5-16-6-7/h7H,1-6H2,(H,14,15). The molecule has 1 unspecified atom stereocenters. The third-order valence-electron chi connectivity index (χ3n) is 2.62. The molecule has 2 heterocycles. The van der Waals surface area contributed by atoms with Crippen molar-refractivity contribution in [2.24, 2.45) is 0 Å². The van der Waals surface area contributed by atoms with E-state index in [9.17, 15) is 4.79 Å². The van der Waals surface area contributed by atoms with Gasteiger partial charge in [0.05, 0.1) is 19.6 Å². The highest BCUT2D eigenvalue weighted by Crippen LogP contribution is 2.22. The van der Waals surface area contributed by atoms with Crippen LogP contribution in [-0.4, -0.2) is 44.5 Å². The van der Waals surface area contributed by atoms with Crippen LogP contribution in [0.15, 0.2) is 0 Å². The maximum absolute atomic E-state index is 10.5. The fourth-order valence-electron chi connectivity index (χ4n) is 1.81. The molecule has 1 fully saturated rings. The van der Waals surface area contributed by atoms with Gasteiger partial charge in [-0.2, -0.15) is 0 Å². The predicted molar refractivity (Wildman–Crippen MR) is 52.9 cm³/mol. The number of aromatic nitrogens is 4. The van der Waals surface area contributed by atoms with Gasteiger partial charge in [-0.25, -0.2) is 4.68 Å². The summed E-state index contributed by atoms with van der Waals surface area (Å²) in [5.41, 5.74) is 0. The summed E-state index contributed by atoms with van der Waals surface area (Å²) in [7, 11) is 0. The van der Waals surface area contributed by atoms with Gasteiger partial charge in [-0.15, -0.1) is 5.10 Å². The van der Waals surface area contributed by atoms with Crippen LogP contribution in [-0.2, 0) is 16.1 Å². The molecule has 0 saturated carbocycles. The van der Waals surface area contributed by atoms with Crippen molar-refractivity contribution in [1.82, 2.24) is 20.2 Å². The first kappa shape index (κ1) is 11.0. The summed E-state index contributed by atoms with van der Waals surface area (Å²) in [5, 5.41) is 19.9. The third kappa shape index (κ3) is 2.54. The Morgan fingerprint density at radius 1 is 1.62 bits per heavy atom. The Kier molecular flexibility index (Phi) is 3.45. The number of carbonyl (C=O) groups is 1. The molecule has 1 aliphatic rings. The lowest BCUT2D eigenvalue weighted by atomic mass is 10.0. The third-order valence-corrected chi connectivity index (χ3v) is 2.62. The number of nitrogens with zero attached hydrogens (tertiary/aromatic N) is 4. The number of hydrogen-bond donors (Lipinski definition) is 1. The maximum Gasteiger partial charge on any atom is 0.305 e. The van der Waals surface area contributed by atoms with Crippen LogP contribution >= 0.6 is 0 Å². The predicted octanol–water partition coefficient (Wildman–Crippen LogP) is 0.0418. The van der Waals surface area contributed by atoms with Gasteiger partial charge in [0.15, 0.2) is 5.82 Å². The number of aliphatic carboxylic acids is 1. The van der Waals surface area contributed by atoms with Gasteiger partial charge in [0.2, 0.25) is 0 Å². The van der Waals surface area contributed by atoms with Crippen LogP contribution in [0.25, 0.3) is 0 Å². The molecule has 88 valence electrons. The summed E-state index contributed by atoms with van der Waals surface area (Å²) in [4.78, 5) is 10.5. The molecule has 1 N–H and O–H groups in total. The molecule has 2 rings (SSSR count). The van der Waals surface area contributed by atoms with Gasteiger partial charge in [-0.3, -0.25) is 4.79 Å². The van der Waals surface area contributed by atoms with Gasteiger partial charge in [0.1, 0.15) is 0 Å². The Labute approximate surface area is 92.4 Å². The summed E-state index contributed by atoms with van der Waals surface area (Å²) in [6.45, 7) is 1.72. The van der Waals surface area contributed by atoms with E-state index in [1.165, 1.54) is 0 Å². The van der Waals surface area contributed by atoms with E-state index in [1.807, 2.05) is 0 Å². The summed E-state index contributed by atoms with van der Waals surface area (Å²) in [6.07, 6.45) is 2.02. The first-order chi connectivity index (χ1) is 7.77. The number of hydrogen-bond acceptors (Lipinski definition) is 5. The number of aryl methyl sites for hydroxylation is 1. The minimum atomic E-state index is -0.846. The minimum absolute atomic E-state index is 0.0334. The second kappa shape index (κ2) is 5.02. The van der Waals surface area contributed by atoms with Gasteiger partial charge in [0, 0.05) is 12.5 Å². The molecule has 0 aromatic carbocycles. The largest absolute Gasteiger partial charge is 0.481 e. The van der Waals surface area contributed by atoms with Crippen molar-refractivity contribution in [2.45, 2.75) is 31.7 Å². The van der Waals surface area contributed by atoms with Crippen molar-refractivity contribution in [3.8, 4) is 0 Å². The van der Waals surface area contributed by atoms with Crippen LogP contribution in [0.4, 0.5) is 0 Å². The molecule has 0 radical (unpaired) electrons. The van der Waals surface area contributed by atoms with E-state index in [2.05, 4.69) is 15.5 Å². The Morgan fingerprint density at radius 3 is 3.19 bits per heavy atom. The zero-order valence-electron chi connectivity index (χ0n) is 8.87. The van der Waals surface area contributed by atoms with Crippen LogP contribution in [0.5, 0.6) is 0 Å². The van der Waals surface area contributed by atoms with E-state index < -0.39 is 5.97 Å². The van der Waals surface area contributed by atoms with E-state index in [-0.39, 0.29) is 12.3 Å². The van der Waals surface area contributed by atoms with Crippen molar-refractivity contribution >= 4 is 5.97 Å². The Morgan fingerprint density at radius 2 is 2.50 bits per heavy atom. The normalized spacial score (nSPS) is 20.9. The average molecular weight is 226 g/mol. The lowest BCUT2D eigenvalue weighted by Gasteiger charge is -2.20. The number of ether oxygens (including phenoxy) is 1. The highest BCUT2D eigenvalue weighted by Gasteiger charge is 2.22. The fraction of sp³-hybridized carbons (Fsp3) is 0.778. The van der Waals surface area contributed by atoms with Crippen molar-refractivity contribution in [3.05, 3.63) is 5.82 Å². The summed E-state index contributed by atoms with van der Waals surface area (Å²) in [6, 6.07) is 0. The molecule has 16 heavy (non-hydrogen) atoms. The van der Waals surface area contributed by atoms with Crippen LogP contribution in [0.3, 0.4) is 0 Å². The SMILES string of the molecule is O=C(O)CCn1nnnc1C1CCCOC1. The second-order valence-electron chi connectivity index (χ2n) is 3.82. The fourth-order valence-corrected chi connectivity index (χ4v) is 1.81. The molecule has 7 nitrogen and oxygen atoms in total. The van der Waals surface area contributed by atoms with Gasteiger partial charge in [0.25, 0.3) is 0 Å². The monoisotopic (exact) mass is 226 g/mol. The zero-order chi connectivity index (χ0) is 11.4. The first-order valence-corrected chi connectivity index (χ1v) is 5.33. The van der Waals surface area contributed by atoms with Crippen LogP contribution in [0.2, 0.25) is 0 Å². The molecular weight excluding hydrogens is 212 g/mol. The molecule has 1 aliphatic heterocycles. The molecule has 0 spiro atoms. The molecule has 1 saturated heterocycles. The van der Waals surface area contributed by atoms with Crippen LogP contribution in [0.1, 0.15) is 31.0 Å². The number of carboxylic acids is 1. The Balaban J connectivity index is 2.02. The molecule has 1 aromatic rings. The van der Waals surface area contributed by atoms with E-state index in [0.717, 1.165) is 25.3 Å². The van der Waals surface area contributed by atoms with Crippen molar-refractivity contribution < 1.29 is 14.6 Å². The Bertz CT molecular complexity index is 359. The maximum atomic E-state index is 10.5. The average Bonchev–Trinajstić information content (AvgIpc) is 2.75. The van der Waals surface area contributed by atoms with Gasteiger partial charge in [-0.1, -0.05) is 0 Å². The van der Waals surface area contributed by atoms with Gasteiger partial charge < -0.3 is 9.84 Å². The molecule has 7 heteroatoms.